The van der Waals surface area contributed by atoms with Crippen LogP contribution in [0.25, 0.3) is 11.5 Å². The van der Waals surface area contributed by atoms with Crippen molar-refractivity contribution in [3.05, 3.63) is 27.8 Å². The van der Waals surface area contributed by atoms with Crippen molar-refractivity contribution >= 4 is 11.3 Å². The average Bonchev–Trinajstić information content (AvgIpc) is 2.55. The Bertz CT molecular complexity index is 386. The monoisotopic (exact) mass is 169 g/mol. The van der Waals surface area contributed by atoms with Crippen LogP contribution in [0.5, 0.6) is 0 Å². The van der Waals surface area contributed by atoms with Gasteiger partial charge in [-0.1, -0.05) is 0 Å². The number of hydrogen-bond donors (Lipinski definition) is 0. The standard InChI is InChI=1S/C6H3NO3S/c8-6-9-1-5(10-6)4-2-11-3-7-4/h1-3H. The summed E-state index contributed by atoms with van der Waals surface area (Å²) in [6, 6.07) is 0. The molecule has 0 aliphatic heterocycles. The molecule has 2 rings (SSSR count). The second-order valence-electron chi connectivity index (χ2n) is 1.83. The van der Waals surface area contributed by atoms with Crippen molar-refractivity contribution < 1.29 is 8.83 Å². The van der Waals surface area contributed by atoms with Crippen LogP contribution in [0.4, 0.5) is 0 Å². The van der Waals surface area contributed by atoms with Gasteiger partial charge in [0.25, 0.3) is 0 Å². The Morgan fingerprint density at radius 3 is 3.00 bits per heavy atom. The quantitative estimate of drug-likeness (QED) is 0.646. The lowest BCUT2D eigenvalue weighted by Crippen LogP contribution is -1.85. The fraction of sp³-hybridized carbons (Fsp3) is 0. The van der Waals surface area contributed by atoms with Crippen LogP contribution >= 0.6 is 11.3 Å². The topological polar surface area (TPSA) is 56.2 Å². The lowest BCUT2D eigenvalue weighted by molar-refractivity contribution is 0.389. The molecule has 5 heteroatoms. The molecule has 0 atom stereocenters. The molecule has 56 valence electrons. The van der Waals surface area contributed by atoms with Gasteiger partial charge in [0.2, 0.25) is 0 Å². The Kier molecular flexibility index (Phi) is 1.36. The zero-order valence-corrected chi connectivity index (χ0v) is 6.13. The smallest absolute Gasteiger partial charge is 0.399 e. The van der Waals surface area contributed by atoms with E-state index in [1.807, 2.05) is 0 Å². The van der Waals surface area contributed by atoms with Crippen LogP contribution in [0.3, 0.4) is 0 Å². The fourth-order valence-corrected chi connectivity index (χ4v) is 1.23. The van der Waals surface area contributed by atoms with Gasteiger partial charge in [-0.25, -0.2) is 9.78 Å². The summed E-state index contributed by atoms with van der Waals surface area (Å²) in [4.78, 5) is 14.4. The predicted octanol–water partition coefficient (Wildman–Crippen LogP) is 1.36. The van der Waals surface area contributed by atoms with Crippen LogP contribution in [0.2, 0.25) is 0 Å². The Hall–Kier alpha value is -1.36. The maximum absolute atomic E-state index is 10.4. The molecule has 0 aromatic carbocycles. The van der Waals surface area contributed by atoms with Gasteiger partial charge in [0.15, 0.2) is 5.76 Å². The van der Waals surface area contributed by atoms with Gasteiger partial charge in [0, 0.05) is 5.38 Å². The molecule has 2 aromatic heterocycles. The van der Waals surface area contributed by atoms with Crippen LogP contribution in [0.1, 0.15) is 0 Å². The molecule has 4 nitrogen and oxygen atoms in total. The van der Waals surface area contributed by atoms with Gasteiger partial charge >= 0.3 is 5.82 Å². The van der Waals surface area contributed by atoms with Crippen LogP contribution in [-0.2, 0) is 0 Å². The van der Waals surface area contributed by atoms with Crippen molar-refractivity contribution in [1.82, 2.24) is 4.98 Å². The summed E-state index contributed by atoms with van der Waals surface area (Å²) in [5, 5.41) is 1.77. The van der Waals surface area contributed by atoms with Crippen molar-refractivity contribution in [3.8, 4) is 11.5 Å². The fourth-order valence-electron chi connectivity index (χ4n) is 0.686. The first kappa shape index (κ1) is 6.36. The molecular formula is C6H3NO3S. The number of thiazole rings is 1. The van der Waals surface area contributed by atoms with E-state index in [0.717, 1.165) is 0 Å². The van der Waals surface area contributed by atoms with Crippen molar-refractivity contribution in [2.45, 2.75) is 0 Å². The van der Waals surface area contributed by atoms with E-state index < -0.39 is 5.82 Å². The minimum Gasteiger partial charge on any atom is -0.399 e. The summed E-state index contributed by atoms with van der Waals surface area (Å²) in [5.74, 6) is -0.329. The van der Waals surface area contributed by atoms with Gasteiger partial charge in [-0.3, -0.25) is 0 Å². The van der Waals surface area contributed by atoms with Crippen LogP contribution in [0.15, 0.2) is 30.8 Å². The van der Waals surface area contributed by atoms with E-state index in [-0.39, 0.29) is 0 Å². The molecular weight excluding hydrogens is 166 g/mol. The van der Waals surface area contributed by atoms with Crippen LogP contribution < -0.4 is 5.82 Å². The molecule has 0 saturated carbocycles. The van der Waals surface area contributed by atoms with Crippen LogP contribution in [-0.4, -0.2) is 4.98 Å². The van der Waals surface area contributed by atoms with Crippen molar-refractivity contribution in [2.75, 3.05) is 0 Å². The average molecular weight is 169 g/mol. The Balaban J connectivity index is 2.53. The Labute approximate surface area is 65.1 Å². The minimum absolute atomic E-state index is 0.372. The van der Waals surface area contributed by atoms with E-state index in [4.69, 9.17) is 0 Å². The van der Waals surface area contributed by atoms with Gasteiger partial charge in [-0.15, -0.1) is 11.3 Å². The van der Waals surface area contributed by atoms with E-state index >= 15 is 0 Å². The molecule has 2 aromatic rings. The van der Waals surface area contributed by atoms with E-state index in [1.165, 1.54) is 17.6 Å². The second kappa shape index (κ2) is 2.35. The van der Waals surface area contributed by atoms with Gasteiger partial charge in [-0.05, 0) is 0 Å². The van der Waals surface area contributed by atoms with E-state index in [1.54, 1.807) is 10.9 Å². The highest BCUT2D eigenvalue weighted by atomic mass is 32.1. The highest BCUT2D eigenvalue weighted by Crippen LogP contribution is 2.16. The number of rotatable bonds is 1. The van der Waals surface area contributed by atoms with Crippen molar-refractivity contribution in [3.63, 3.8) is 0 Å². The van der Waals surface area contributed by atoms with Crippen LogP contribution in [0, 0.1) is 0 Å². The normalized spacial score (nSPS) is 10.2. The molecule has 0 spiro atoms. The van der Waals surface area contributed by atoms with Gasteiger partial charge < -0.3 is 8.83 Å². The zero-order valence-electron chi connectivity index (χ0n) is 5.31. The van der Waals surface area contributed by atoms with Crippen molar-refractivity contribution in [2.24, 2.45) is 0 Å². The third-order valence-corrected chi connectivity index (χ3v) is 1.73. The first-order chi connectivity index (χ1) is 5.36. The molecule has 0 saturated heterocycles. The number of nitrogens with zero attached hydrogens (tertiary/aromatic N) is 1. The molecule has 11 heavy (non-hydrogen) atoms. The highest BCUT2D eigenvalue weighted by molar-refractivity contribution is 7.07. The largest absolute Gasteiger partial charge is 0.519 e. The maximum Gasteiger partial charge on any atom is 0.519 e. The molecule has 0 bridgehead atoms. The molecule has 0 fully saturated rings. The SMILES string of the molecule is O=c1occ(-c2cscn2)o1. The molecule has 0 unspecified atom stereocenters. The molecule has 0 radical (unpaired) electrons. The second-order valence-corrected chi connectivity index (χ2v) is 2.54. The lowest BCUT2D eigenvalue weighted by Gasteiger charge is -1.80. The zero-order chi connectivity index (χ0) is 7.68. The van der Waals surface area contributed by atoms with Gasteiger partial charge in [0.05, 0.1) is 5.51 Å². The third kappa shape index (κ3) is 1.10. The maximum atomic E-state index is 10.4. The summed E-state index contributed by atoms with van der Waals surface area (Å²) < 4.78 is 9.08. The summed E-state index contributed by atoms with van der Waals surface area (Å²) in [5.41, 5.74) is 2.28. The first-order valence-corrected chi connectivity index (χ1v) is 3.78. The molecule has 0 amide bonds. The van der Waals surface area contributed by atoms with Crippen molar-refractivity contribution in [1.29, 1.82) is 0 Å². The Morgan fingerprint density at radius 1 is 1.55 bits per heavy atom. The molecule has 0 aliphatic rings. The van der Waals surface area contributed by atoms with E-state index in [9.17, 15) is 4.79 Å². The van der Waals surface area contributed by atoms with E-state index in [0.29, 0.717) is 11.5 Å². The van der Waals surface area contributed by atoms with Gasteiger partial charge in [-0.2, -0.15) is 0 Å². The minimum atomic E-state index is -0.701. The molecule has 0 N–H and O–H groups in total. The third-order valence-electron chi connectivity index (χ3n) is 1.14. The number of hydrogen-bond acceptors (Lipinski definition) is 5. The molecule has 2 heterocycles. The highest BCUT2D eigenvalue weighted by Gasteiger charge is 2.05. The summed E-state index contributed by atoms with van der Waals surface area (Å²) in [7, 11) is 0. The summed E-state index contributed by atoms with van der Waals surface area (Å²) >= 11 is 1.43. The number of aromatic nitrogens is 1. The predicted molar refractivity (Wildman–Crippen MR) is 38.4 cm³/mol. The summed E-state index contributed by atoms with van der Waals surface area (Å²) in [6.45, 7) is 0. The lowest BCUT2D eigenvalue weighted by atomic mass is 10.4. The Morgan fingerprint density at radius 2 is 2.45 bits per heavy atom. The van der Waals surface area contributed by atoms with E-state index in [2.05, 4.69) is 13.8 Å². The van der Waals surface area contributed by atoms with Gasteiger partial charge in [0.1, 0.15) is 12.0 Å². The summed E-state index contributed by atoms with van der Waals surface area (Å²) in [6.07, 6.45) is 1.25. The first-order valence-electron chi connectivity index (χ1n) is 2.83. The molecule has 0 aliphatic carbocycles.